The number of rotatable bonds is 5. The number of fused-ring (bicyclic) bond motifs is 1. The number of carbonyl (C=O) groups is 1. The fourth-order valence-corrected chi connectivity index (χ4v) is 2.63. The molecule has 18 heavy (non-hydrogen) atoms. The molecule has 0 bridgehead atoms. The van der Waals surface area contributed by atoms with E-state index in [1.165, 1.54) is 11.1 Å². The highest BCUT2D eigenvalue weighted by molar-refractivity contribution is 6.00. The molecule has 0 spiro atoms. The van der Waals surface area contributed by atoms with Gasteiger partial charge in [-0.25, -0.2) is 0 Å². The molecule has 1 aromatic carbocycles. The van der Waals surface area contributed by atoms with Crippen molar-refractivity contribution in [1.29, 1.82) is 0 Å². The Bertz CT molecular complexity index is 436. The molecule has 1 atom stereocenters. The summed E-state index contributed by atoms with van der Waals surface area (Å²) in [7, 11) is 1.85. The van der Waals surface area contributed by atoms with E-state index in [1.807, 2.05) is 7.05 Å². The molecule has 98 valence electrons. The van der Waals surface area contributed by atoms with E-state index in [-0.39, 0.29) is 5.91 Å². The van der Waals surface area contributed by atoms with Crippen molar-refractivity contribution in [1.82, 2.24) is 5.32 Å². The molecule has 1 unspecified atom stereocenters. The monoisotopic (exact) mass is 246 g/mol. The summed E-state index contributed by atoms with van der Waals surface area (Å²) < 4.78 is 0. The van der Waals surface area contributed by atoms with Crippen LogP contribution in [0, 0.1) is 0 Å². The molecule has 1 heterocycles. The van der Waals surface area contributed by atoms with E-state index >= 15 is 0 Å². The van der Waals surface area contributed by atoms with E-state index in [4.69, 9.17) is 0 Å². The lowest BCUT2D eigenvalue weighted by Gasteiger charge is -2.19. The number of benzene rings is 1. The number of hydrogen-bond donors (Lipinski definition) is 1. The van der Waals surface area contributed by atoms with Crippen molar-refractivity contribution in [3.8, 4) is 0 Å². The standard InChI is InChI=1S/C15H22N2O/c1-4-6-13(16-5-2)11-7-8-14-12(9-11)10-15(18)17(14)3/h7-9,13,16H,4-6,10H2,1-3H3. The van der Waals surface area contributed by atoms with Gasteiger partial charge in [0.2, 0.25) is 5.91 Å². The van der Waals surface area contributed by atoms with Gasteiger partial charge in [-0.05, 0) is 30.2 Å². The summed E-state index contributed by atoms with van der Waals surface area (Å²) in [6.07, 6.45) is 2.84. The second kappa shape index (κ2) is 5.53. The first-order valence-electron chi connectivity index (χ1n) is 6.80. The van der Waals surface area contributed by atoms with Gasteiger partial charge in [0, 0.05) is 18.8 Å². The van der Waals surface area contributed by atoms with Crippen LogP contribution in [0.15, 0.2) is 18.2 Å². The highest BCUT2D eigenvalue weighted by Gasteiger charge is 2.24. The SMILES string of the molecule is CCCC(NCC)c1ccc2c(c1)CC(=O)N2C. The Kier molecular flexibility index (Phi) is 4.02. The van der Waals surface area contributed by atoms with Gasteiger partial charge >= 0.3 is 0 Å². The number of likely N-dealkylation sites (N-methyl/N-ethyl adjacent to an activating group) is 1. The molecule has 1 aliphatic heterocycles. The molecular weight excluding hydrogens is 224 g/mol. The number of carbonyl (C=O) groups excluding carboxylic acids is 1. The summed E-state index contributed by atoms with van der Waals surface area (Å²) in [4.78, 5) is 13.4. The minimum Gasteiger partial charge on any atom is -0.315 e. The topological polar surface area (TPSA) is 32.3 Å². The third-order valence-corrected chi connectivity index (χ3v) is 3.61. The van der Waals surface area contributed by atoms with Gasteiger partial charge in [0.15, 0.2) is 0 Å². The quantitative estimate of drug-likeness (QED) is 0.866. The molecule has 1 N–H and O–H groups in total. The summed E-state index contributed by atoms with van der Waals surface area (Å²) in [5.74, 6) is 0.192. The van der Waals surface area contributed by atoms with Crippen molar-refractivity contribution < 1.29 is 4.79 Å². The van der Waals surface area contributed by atoms with Crippen LogP contribution < -0.4 is 10.2 Å². The van der Waals surface area contributed by atoms with Crippen molar-refractivity contribution in [2.75, 3.05) is 18.5 Å². The Labute approximate surface area is 109 Å². The lowest BCUT2D eigenvalue weighted by Crippen LogP contribution is -2.21. The van der Waals surface area contributed by atoms with Gasteiger partial charge in [0.05, 0.1) is 6.42 Å². The highest BCUT2D eigenvalue weighted by Crippen LogP contribution is 2.31. The summed E-state index contributed by atoms with van der Waals surface area (Å²) in [6.45, 7) is 5.31. The Morgan fingerprint density at radius 1 is 1.39 bits per heavy atom. The molecule has 1 aliphatic rings. The Morgan fingerprint density at radius 2 is 2.17 bits per heavy atom. The van der Waals surface area contributed by atoms with Crippen LogP contribution in [0.3, 0.4) is 0 Å². The maximum absolute atomic E-state index is 11.7. The highest BCUT2D eigenvalue weighted by atomic mass is 16.2. The van der Waals surface area contributed by atoms with E-state index in [2.05, 4.69) is 37.4 Å². The van der Waals surface area contributed by atoms with Crippen molar-refractivity contribution >= 4 is 11.6 Å². The Hall–Kier alpha value is -1.35. The summed E-state index contributed by atoms with van der Waals surface area (Å²) >= 11 is 0. The second-order valence-electron chi connectivity index (χ2n) is 4.92. The number of nitrogens with zero attached hydrogens (tertiary/aromatic N) is 1. The summed E-state index contributed by atoms with van der Waals surface area (Å²) in [6, 6.07) is 6.83. The molecule has 0 fully saturated rings. The predicted octanol–water partition coefficient (Wildman–Crippen LogP) is 2.66. The van der Waals surface area contributed by atoms with Gasteiger partial charge in [-0.3, -0.25) is 4.79 Å². The third-order valence-electron chi connectivity index (χ3n) is 3.61. The van der Waals surface area contributed by atoms with Crippen molar-refractivity contribution in [2.24, 2.45) is 0 Å². The normalized spacial score (nSPS) is 15.9. The second-order valence-corrected chi connectivity index (χ2v) is 4.92. The maximum Gasteiger partial charge on any atom is 0.231 e. The molecule has 3 heteroatoms. The van der Waals surface area contributed by atoms with Crippen molar-refractivity contribution in [2.45, 2.75) is 39.2 Å². The number of hydrogen-bond acceptors (Lipinski definition) is 2. The Morgan fingerprint density at radius 3 is 2.83 bits per heavy atom. The molecule has 0 radical (unpaired) electrons. The first kappa shape index (κ1) is 13.1. The van der Waals surface area contributed by atoms with Gasteiger partial charge in [0.25, 0.3) is 0 Å². The molecule has 2 rings (SSSR count). The largest absolute Gasteiger partial charge is 0.315 e. The van der Waals surface area contributed by atoms with Crippen molar-refractivity contribution in [3.05, 3.63) is 29.3 Å². The number of amides is 1. The fourth-order valence-electron chi connectivity index (χ4n) is 2.63. The van der Waals surface area contributed by atoms with Gasteiger partial charge in [-0.15, -0.1) is 0 Å². The van der Waals surface area contributed by atoms with Gasteiger partial charge in [-0.1, -0.05) is 32.4 Å². The smallest absolute Gasteiger partial charge is 0.231 e. The van der Waals surface area contributed by atoms with Crippen LogP contribution in [-0.2, 0) is 11.2 Å². The van der Waals surface area contributed by atoms with Gasteiger partial charge < -0.3 is 10.2 Å². The minimum absolute atomic E-state index is 0.192. The molecule has 0 saturated carbocycles. The van der Waals surface area contributed by atoms with Gasteiger partial charge in [-0.2, -0.15) is 0 Å². The van der Waals surface area contributed by atoms with E-state index in [0.717, 1.165) is 25.1 Å². The van der Waals surface area contributed by atoms with Crippen LogP contribution in [0.2, 0.25) is 0 Å². The number of anilines is 1. The molecule has 0 aliphatic carbocycles. The maximum atomic E-state index is 11.7. The fraction of sp³-hybridized carbons (Fsp3) is 0.533. The first-order chi connectivity index (χ1) is 8.67. The zero-order valence-corrected chi connectivity index (χ0v) is 11.5. The van der Waals surface area contributed by atoms with Crippen LogP contribution in [0.4, 0.5) is 5.69 Å². The predicted molar refractivity (Wildman–Crippen MR) is 74.9 cm³/mol. The lowest BCUT2D eigenvalue weighted by molar-refractivity contribution is -0.117. The zero-order chi connectivity index (χ0) is 13.1. The van der Waals surface area contributed by atoms with E-state index in [1.54, 1.807) is 4.90 Å². The van der Waals surface area contributed by atoms with E-state index < -0.39 is 0 Å². The van der Waals surface area contributed by atoms with Crippen LogP contribution in [0.5, 0.6) is 0 Å². The van der Waals surface area contributed by atoms with Crippen molar-refractivity contribution in [3.63, 3.8) is 0 Å². The lowest BCUT2D eigenvalue weighted by atomic mass is 9.99. The molecular formula is C15H22N2O. The third kappa shape index (κ3) is 2.41. The van der Waals surface area contributed by atoms with Crippen LogP contribution in [0.25, 0.3) is 0 Å². The van der Waals surface area contributed by atoms with Gasteiger partial charge in [0.1, 0.15) is 0 Å². The summed E-state index contributed by atoms with van der Waals surface area (Å²) in [5, 5.41) is 3.51. The first-order valence-corrected chi connectivity index (χ1v) is 6.80. The molecule has 0 aromatic heterocycles. The molecule has 0 saturated heterocycles. The zero-order valence-electron chi connectivity index (χ0n) is 11.5. The average Bonchev–Trinajstić information content (AvgIpc) is 2.64. The average molecular weight is 246 g/mol. The molecule has 1 amide bonds. The number of nitrogens with one attached hydrogen (secondary N) is 1. The van der Waals surface area contributed by atoms with E-state index in [0.29, 0.717) is 12.5 Å². The Balaban J connectivity index is 2.26. The summed E-state index contributed by atoms with van der Waals surface area (Å²) in [5.41, 5.74) is 3.54. The van der Waals surface area contributed by atoms with E-state index in [9.17, 15) is 4.79 Å². The molecule has 3 nitrogen and oxygen atoms in total. The van der Waals surface area contributed by atoms with Crippen LogP contribution in [0.1, 0.15) is 43.9 Å². The van der Waals surface area contributed by atoms with Crippen LogP contribution in [-0.4, -0.2) is 19.5 Å². The molecule has 1 aromatic rings. The van der Waals surface area contributed by atoms with Crippen LogP contribution >= 0.6 is 0 Å². The minimum atomic E-state index is 0.192.